The lowest BCUT2D eigenvalue weighted by Crippen LogP contribution is -2.12. The molecule has 0 radical (unpaired) electrons. The number of rotatable bonds is 6. The van der Waals surface area contributed by atoms with Crippen LogP contribution in [0.1, 0.15) is 31.2 Å². The van der Waals surface area contributed by atoms with Gasteiger partial charge in [-0.05, 0) is 45.6 Å². The van der Waals surface area contributed by atoms with E-state index in [2.05, 4.69) is 14.9 Å². The summed E-state index contributed by atoms with van der Waals surface area (Å²) in [6, 6.07) is 2.90. The number of H-pyrrole nitrogens is 1. The van der Waals surface area contributed by atoms with Gasteiger partial charge in [-0.25, -0.2) is 13.8 Å². The number of hydrogen-bond acceptors (Lipinski definition) is 2. The number of aromatic amines is 1. The second-order valence-corrected chi connectivity index (χ2v) is 6.09. The average Bonchev–Trinajstić information content (AvgIpc) is 2.73. The van der Waals surface area contributed by atoms with Crippen LogP contribution in [0.25, 0.3) is 11.0 Å². The highest BCUT2D eigenvalue weighted by molar-refractivity contribution is 6.32. The first-order chi connectivity index (χ1) is 9.77. The van der Waals surface area contributed by atoms with Crippen LogP contribution in [0.5, 0.6) is 0 Å². The van der Waals surface area contributed by atoms with Gasteiger partial charge in [0, 0.05) is 18.9 Å². The zero-order chi connectivity index (χ0) is 15.6. The van der Waals surface area contributed by atoms with Crippen molar-refractivity contribution in [1.29, 1.82) is 0 Å². The van der Waals surface area contributed by atoms with Crippen molar-refractivity contribution >= 4 is 22.6 Å². The molecule has 116 valence electrons. The Bertz CT molecular complexity index is 617. The van der Waals surface area contributed by atoms with Crippen molar-refractivity contribution in [1.82, 2.24) is 14.9 Å². The Labute approximate surface area is 128 Å². The monoisotopic (exact) mass is 315 g/mol. The van der Waals surface area contributed by atoms with Gasteiger partial charge in [0.05, 0.1) is 16.1 Å². The lowest BCUT2D eigenvalue weighted by Gasteiger charge is -2.11. The zero-order valence-electron chi connectivity index (χ0n) is 12.5. The van der Waals surface area contributed by atoms with Crippen molar-refractivity contribution in [2.24, 2.45) is 0 Å². The average molecular weight is 316 g/mol. The second kappa shape index (κ2) is 6.28. The fourth-order valence-corrected chi connectivity index (χ4v) is 2.58. The van der Waals surface area contributed by atoms with Gasteiger partial charge >= 0.3 is 0 Å². The van der Waals surface area contributed by atoms with E-state index >= 15 is 0 Å². The lowest BCUT2D eigenvalue weighted by molar-refractivity contribution is 0.0177. The van der Waals surface area contributed by atoms with Gasteiger partial charge in [0.15, 0.2) is 0 Å². The standard InChI is InChI=1S/C15H20ClF2N3/c1-15(17,18)10-8-12-13(9-11(10)16)20-14(19-12)6-4-5-7-21(2)3/h8-9H,4-7H2,1-3H3,(H,19,20). The Kier molecular flexibility index (Phi) is 4.84. The minimum Gasteiger partial charge on any atom is -0.342 e. The van der Waals surface area contributed by atoms with Crippen molar-refractivity contribution in [3.8, 4) is 0 Å². The summed E-state index contributed by atoms with van der Waals surface area (Å²) in [7, 11) is 4.07. The van der Waals surface area contributed by atoms with Crippen LogP contribution in [0.3, 0.4) is 0 Å². The maximum atomic E-state index is 13.5. The number of benzene rings is 1. The van der Waals surface area contributed by atoms with E-state index < -0.39 is 5.92 Å². The molecule has 0 fully saturated rings. The van der Waals surface area contributed by atoms with Crippen LogP contribution < -0.4 is 0 Å². The Morgan fingerprint density at radius 2 is 2.00 bits per heavy atom. The van der Waals surface area contributed by atoms with E-state index in [9.17, 15) is 8.78 Å². The van der Waals surface area contributed by atoms with Crippen LogP contribution >= 0.6 is 11.6 Å². The molecule has 0 atom stereocenters. The molecule has 3 nitrogen and oxygen atoms in total. The maximum absolute atomic E-state index is 13.5. The van der Waals surface area contributed by atoms with E-state index in [-0.39, 0.29) is 10.6 Å². The van der Waals surface area contributed by atoms with Gasteiger partial charge in [0.2, 0.25) is 0 Å². The molecule has 0 bridgehead atoms. The molecule has 6 heteroatoms. The molecule has 0 aliphatic heterocycles. The predicted molar refractivity (Wildman–Crippen MR) is 82.2 cm³/mol. The van der Waals surface area contributed by atoms with Crippen molar-refractivity contribution in [3.05, 3.63) is 28.5 Å². The molecular formula is C15H20ClF2N3. The summed E-state index contributed by atoms with van der Waals surface area (Å²) >= 11 is 5.92. The number of fused-ring (bicyclic) bond motifs is 1. The van der Waals surface area contributed by atoms with E-state index in [0.717, 1.165) is 38.6 Å². The van der Waals surface area contributed by atoms with Gasteiger partial charge in [0.1, 0.15) is 5.82 Å². The van der Waals surface area contributed by atoms with Crippen molar-refractivity contribution < 1.29 is 8.78 Å². The number of hydrogen-bond donors (Lipinski definition) is 1. The molecule has 0 spiro atoms. The Balaban J connectivity index is 2.14. The lowest BCUT2D eigenvalue weighted by atomic mass is 10.1. The molecule has 1 aromatic heterocycles. The molecule has 2 rings (SSSR count). The van der Waals surface area contributed by atoms with Crippen molar-refractivity contribution in [2.75, 3.05) is 20.6 Å². The van der Waals surface area contributed by atoms with Gasteiger partial charge in [0.25, 0.3) is 5.92 Å². The van der Waals surface area contributed by atoms with Crippen LogP contribution in [0, 0.1) is 0 Å². The largest absolute Gasteiger partial charge is 0.342 e. The number of imidazole rings is 1. The van der Waals surface area contributed by atoms with Gasteiger partial charge in [-0.15, -0.1) is 0 Å². The highest BCUT2D eigenvalue weighted by Crippen LogP contribution is 2.35. The number of alkyl halides is 2. The highest BCUT2D eigenvalue weighted by Gasteiger charge is 2.28. The number of nitrogens with one attached hydrogen (secondary N) is 1. The van der Waals surface area contributed by atoms with Crippen LogP contribution in [-0.4, -0.2) is 35.5 Å². The third-order valence-electron chi connectivity index (χ3n) is 3.36. The fourth-order valence-electron chi connectivity index (χ4n) is 2.26. The number of halogens is 3. The summed E-state index contributed by atoms with van der Waals surface area (Å²) in [5, 5.41) is 0.0562. The Morgan fingerprint density at radius 1 is 1.29 bits per heavy atom. The van der Waals surface area contributed by atoms with Crippen molar-refractivity contribution in [2.45, 2.75) is 32.1 Å². The number of unbranched alkanes of at least 4 members (excludes halogenated alkanes) is 1. The molecular weight excluding hydrogens is 296 g/mol. The molecule has 0 unspecified atom stereocenters. The van der Waals surface area contributed by atoms with E-state index in [1.165, 1.54) is 12.1 Å². The van der Waals surface area contributed by atoms with E-state index in [0.29, 0.717) is 11.0 Å². The smallest absolute Gasteiger partial charge is 0.272 e. The first-order valence-corrected chi connectivity index (χ1v) is 7.36. The molecule has 0 amide bonds. The zero-order valence-corrected chi connectivity index (χ0v) is 13.3. The normalized spacial score (nSPS) is 12.5. The molecule has 0 aliphatic carbocycles. The number of nitrogens with zero attached hydrogens (tertiary/aromatic N) is 2. The minimum atomic E-state index is -2.96. The first-order valence-electron chi connectivity index (χ1n) is 6.98. The molecule has 0 aliphatic rings. The Morgan fingerprint density at radius 3 is 2.62 bits per heavy atom. The van der Waals surface area contributed by atoms with Crippen LogP contribution in [0.2, 0.25) is 5.02 Å². The van der Waals surface area contributed by atoms with Crippen LogP contribution in [-0.2, 0) is 12.3 Å². The predicted octanol–water partition coefficient (Wildman–Crippen LogP) is 4.21. The van der Waals surface area contributed by atoms with E-state index in [1.54, 1.807) is 0 Å². The highest BCUT2D eigenvalue weighted by atomic mass is 35.5. The molecule has 0 saturated heterocycles. The quantitative estimate of drug-likeness (QED) is 0.810. The van der Waals surface area contributed by atoms with Gasteiger partial charge in [-0.2, -0.15) is 0 Å². The molecule has 1 N–H and O–H groups in total. The van der Waals surface area contributed by atoms with Crippen molar-refractivity contribution in [3.63, 3.8) is 0 Å². The van der Waals surface area contributed by atoms with Gasteiger partial charge < -0.3 is 9.88 Å². The third kappa shape index (κ3) is 4.14. The number of aromatic nitrogens is 2. The molecule has 21 heavy (non-hydrogen) atoms. The molecule has 1 heterocycles. The summed E-state index contributed by atoms with van der Waals surface area (Å²) in [5.41, 5.74) is 1.08. The molecule has 1 aromatic carbocycles. The first kappa shape index (κ1) is 16.2. The SMILES string of the molecule is CN(C)CCCCc1nc2cc(Cl)c(C(C)(F)F)cc2[nH]1. The van der Waals surface area contributed by atoms with Gasteiger partial charge in [-0.1, -0.05) is 11.6 Å². The van der Waals surface area contributed by atoms with Crippen LogP contribution in [0.4, 0.5) is 8.78 Å². The van der Waals surface area contributed by atoms with E-state index in [1.807, 2.05) is 14.1 Å². The van der Waals surface area contributed by atoms with Gasteiger partial charge in [-0.3, -0.25) is 0 Å². The van der Waals surface area contributed by atoms with Crippen LogP contribution in [0.15, 0.2) is 12.1 Å². The minimum absolute atomic E-state index is 0.0562. The summed E-state index contributed by atoms with van der Waals surface area (Å²) in [4.78, 5) is 9.65. The topological polar surface area (TPSA) is 31.9 Å². The van der Waals surface area contributed by atoms with E-state index in [4.69, 9.17) is 11.6 Å². The number of aryl methyl sites for hydroxylation is 1. The molecule has 0 saturated carbocycles. The molecule has 2 aromatic rings. The fraction of sp³-hybridized carbons (Fsp3) is 0.533. The summed E-state index contributed by atoms with van der Waals surface area (Å²) in [5.74, 6) is -2.14. The summed E-state index contributed by atoms with van der Waals surface area (Å²) in [6.45, 7) is 1.87. The summed E-state index contributed by atoms with van der Waals surface area (Å²) < 4.78 is 26.9. The maximum Gasteiger partial charge on any atom is 0.272 e. The second-order valence-electron chi connectivity index (χ2n) is 5.68. The Hall–Kier alpha value is -1.20. The third-order valence-corrected chi connectivity index (χ3v) is 3.67. The summed E-state index contributed by atoms with van der Waals surface area (Å²) in [6.07, 6.45) is 2.88.